The number of rotatable bonds is 13. The number of esters is 2. The first-order valence-electron chi connectivity index (χ1n) is 13.4. The molecule has 0 aliphatic rings. The highest BCUT2D eigenvalue weighted by Gasteiger charge is 2.19. The van der Waals surface area contributed by atoms with Gasteiger partial charge in [0.2, 0.25) is 0 Å². The van der Waals surface area contributed by atoms with Crippen molar-refractivity contribution in [2.24, 2.45) is 0 Å². The average Bonchev–Trinajstić information content (AvgIpc) is 3.46. The Morgan fingerprint density at radius 3 is 1.30 bits per heavy atom. The molecule has 0 amide bonds. The summed E-state index contributed by atoms with van der Waals surface area (Å²) in [4.78, 5) is 23.7. The van der Waals surface area contributed by atoms with E-state index < -0.39 is 5.97 Å². The van der Waals surface area contributed by atoms with Gasteiger partial charge in [0.1, 0.15) is 34.4 Å². The number of benzene rings is 2. The molecule has 0 aliphatic heterocycles. The molecular formula is C30H40N2O8. The molecule has 0 bridgehead atoms. The third-order valence-electron chi connectivity index (χ3n) is 5.23. The second-order valence-electron chi connectivity index (χ2n) is 7.97. The van der Waals surface area contributed by atoms with E-state index in [1.54, 1.807) is 38.1 Å². The first-order valence-corrected chi connectivity index (χ1v) is 13.4. The number of nitrogen functional groups attached to an aromatic ring is 1. The predicted octanol–water partition coefficient (Wildman–Crippen LogP) is 5.69. The summed E-state index contributed by atoms with van der Waals surface area (Å²) in [6, 6.07) is 10.4. The molecule has 0 spiro atoms. The van der Waals surface area contributed by atoms with Gasteiger partial charge < -0.3 is 38.7 Å². The van der Waals surface area contributed by atoms with Crippen molar-refractivity contribution in [3.63, 3.8) is 0 Å². The van der Waals surface area contributed by atoms with Crippen LogP contribution in [0.3, 0.4) is 0 Å². The number of hydrogen-bond donors (Lipinski definition) is 1. The van der Waals surface area contributed by atoms with Gasteiger partial charge >= 0.3 is 11.9 Å². The van der Waals surface area contributed by atoms with Gasteiger partial charge in [-0.05, 0) is 77.9 Å². The van der Waals surface area contributed by atoms with Crippen LogP contribution in [0.2, 0.25) is 0 Å². The zero-order chi connectivity index (χ0) is 29.5. The molecule has 0 fully saturated rings. The zero-order valence-corrected chi connectivity index (χ0v) is 24.2. The minimum Gasteiger partial charge on any atom is -0.492 e. The van der Waals surface area contributed by atoms with E-state index in [0.717, 1.165) is 5.69 Å². The van der Waals surface area contributed by atoms with Crippen LogP contribution in [0.25, 0.3) is 5.69 Å². The SMILES string of the molecule is CCOC(=O)c1cc(OCC)c(-n2cccc2)c(OCC)c1.CCOC(=O)c1cc(OCC)c(N)c(OCC)c1. The summed E-state index contributed by atoms with van der Waals surface area (Å²) in [6.07, 6.45) is 3.81. The van der Waals surface area contributed by atoms with Crippen molar-refractivity contribution in [2.75, 3.05) is 45.4 Å². The Hall–Kier alpha value is -4.34. The molecule has 3 aromatic rings. The molecular weight excluding hydrogens is 516 g/mol. The van der Waals surface area contributed by atoms with E-state index in [9.17, 15) is 9.59 Å². The summed E-state index contributed by atoms with van der Waals surface area (Å²) in [5.41, 5.74) is 7.86. The van der Waals surface area contributed by atoms with Gasteiger partial charge in [-0.3, -0.25) is 0 Å². The van der Waals surface area contributed by atoms with Gasteiger partial charge in [-0.25, -0.2) is 9.59 Å². The monoisotopic (exact) mass is 556 g/mol. The number of carbonyl (C=O) groups excluding carboxylic acids is 2. The predicted molar refractivity (Wildman–Crippen MR) is 153 cm³/mol. The van der Waals surface area contributed by atoms with E-state index >= 15 is 0 Å². The van der Waals surface area contributed by atoms with Crippen molar-refractivity contribution >= 4 is 17.6 Å². The molecule has 3 rings (SSSR count). The Labute approximate surface area is 235 Å². The molecule has 0 saturated carbocycles. The number of carbonyl (C=O) groups is 2. The van der Waals surface area contributed by atoms with E-state index in [1.807, 2.05) is 56.8 Å². The second-order valence-corrected chi connectivity index (χ2v) is 7.97. The van der Waals surface area contributed by atoms with E-state index in [-0.39, 0.29) is 5.97 Å². The Morgan fingerprint density at radius 1 is 0.600 bits per heavy atom. The van der Waals surface area contributed by atoms with E-state index in [2.05, 4.69) is 0 Å². The Kier molecular flexibility index (Phi) is 13.2. The van der Waals surface area contributed by atoms with E-state index in [1.165, 1.54) is 0 Å². The quantitative estimate of drug-likeness (QED) is 0.209. The Morgan fingerprint density at radius 2 is 0.950 bits per heavy atom. The largest absolute Gasteiger partial charge is 0.492 e. The van der Waals surface area contributed by atoms with Gasteiger partial charge in [-0.15, -0.1) is 0 Å². The third-order valence-corrected chi connectivity index (χ3v) is 5.23. The van der Waals surface area contributed by atoms with Gasteiger partial charge in [0, 0.05) is 12.4 Å². The lowest BCUT2D eigenvalue weighted by Crippen LogP contribution is -2.09. The fourth-order valence-corrected chi connectivity index (χ4v) is 3.67. The Balaban J connectivity index is 0.000000286. The molecule has 10 nitrogen and oxygen atoms in total. The highest BCUT2D eigenvalue weighted by molar-refractivity contribution is 5.92. The van der Waals surface area contributed by atoms with Gasteiger partial charge in [0.15, 0.2) is 0 Å². The van der Waals surface area contributed by atoms with Gasteiger partial charge in [-0.2, -0.15) is 0 Å². The zero-order valence-electron chi connectivity index (χ0n) is 24.2. The summed E-state index contributed by atoms with van der Waals surface area (Å²) >= 11 is 0. The van der Waals surface area contributed by atoms with Crippen molar-refractivity contribution in [3.8, 4) is 28.7 Å². The van der Waals surface area contributed by atoms with Crippen molar-refractivity contribution in [3.05, 3.63) is 59.9 Å². The molecule has 0 aliphatic carbocycles. The lowest BCUT2D eigenvalue weighted by Gasteiger charge is -2.17. The minimum absolute atomic E-state index is 0.317. The summed E-state index contributed by atoms with van der Waals surface area (Å²) in [5, 5.41) is 0. The lowest BCUT2D eigenvalue weighted by molar-refractivity contribution is 0.0516. The first-order chi connectivity index (χ1) is 19.3. The van der Waals surface area contributed by atoms with Crippen LogP contribution >= 0.6 is 0 Å². The molecule has 10 heteroatoms. The minimum atomic E-state index is -0.417. The van der Waals surface area contributed by atoms with Gasteiger partial charge in [0.25, 0.3) is 0 Å². The van der Waals surface area contributed by atoms with E-state index in [0.29, 0.717) is 79.5 Å². The summed E-state index contributed by atoms with van der Waals surface area (Å²) < 4.78 is 34.1. The molecule has 40 heavy (non-hydrogen) atoms. The van der Waals surface area contributed by atoms with E-state index in [4.69, 9.17) is 34.2 Å². The standard InChI is InChI=1S/C17H21NO4.C13H19NO4/c1-4-20-14-11-13(17(19)22-6-3)12-15(21-5-2)16(14)18-9-7-8-10-18;1-4-16-10-7-9(13(15)18-6-3)8-11(12(10)14)17-5-2/h7-12H,4-6H2,1-3H3;7-8H,4-6,14H2,1-3H3. The highest BCUT2D eigenvalue weighted by Crippen LogP contribution is 2.35. The number of nitrogens with two attached hydrogens (primary N) is 1. The number of aromatic nitrogens is 1. The highest BCUT2D eigenvalue weighted by atomic mass is 16.5. The maximum atomic E-state index is 12.0. The molecule has 0 atom stereocenters. The average molecular weight is 557 g/mol. The van der Waals surface area contributed by atoms with Crippen LogP contribution in [-0.4, -0.2) is 56.1 Å². The van der Waals surface area contributed by atoms with Crippen molar-refractivity contribution in [1.29, 1.82) is 0 Å². The van der Waals surface area contributed by atoms with Crippen LogP contribution < -0.4 is 24.7 Å². The van der Waals surface area contributed by atoms with Crippen molar-refractivity contribution in [1.82, 2.24) is 4.57 Å². The molecule has 0 unspecified atom stereocenters. The lowest BCUT2D eigenvalue weighted by atomic mass is 10.1. The maximum Gasteiger partial charge on any atom is 0.338 e. The van der Waals surface area contributed by atoms with Crippen LogP contribution in [0.15, 0.2) is 48.8 Å². The number of ether oxygens (including phenoxy) is 6. The van der Waals surface area contributed by atoms with Crippen LogP contribution in [0, 0.1) is 0 Å². The molecule has 0 radical (unpaired) electrons. The normalized spacial score (nSPS) is 10.2. The fourth-order valence-electron chi connectivity index (χ4n) is 3.67. The fraction of sp³-hybridized carbons (Fsp3) is 0.400. The summed E-state index contributed by atoms with van der Waals surface area (Å²) in [5.74, 6) is 1.25. The molecule has 2 N–H and O–H groups in total. The molecule has 1 aromatic heterocycles. The third kappa shape index (κ3) is 8.59. The maximum absolute atomic E-state index is 12.0. The summed E-state index contributed by atoms with van der Waals surface area (Å²) in [6.45, 7) is 13.6. The van der Waals surface area contributed by atoms with Crippen LogP contribution in [-0.2, 0) is 9.47 Å². The van der Waals surface area contributed by atoms with Gasteiger partial charge in [-0.1, -0.05) is 0 Å². The second kappa shape index (κ2) is 16.6. The molecule has 1 heterocycles. The van der Waals surface area contributed by atoms with Crippen LogP contribution in [0.1, 0.15) is 62.3 Å². The van der Waals surface area contributed by atoms with Crippen molar-refractivity contribution < 1.29 is 38.0 Å². The smallest absolute Gasteiger partial charge is 0.338 e. The van der Waals surface area contributed by atoms with Crippen molar-refractivity contribution in [2.45, 2.75) is 41.5 Å². The Bertz CT molecular complexity index is 1170. The first kappa shape index (κ1) is 31.9. The summed E-state index contributed by atoms with van der Waals surface area (Å²) in [7, 11) is 0. The topological polar surface area (TPSA) is 120 Å². The van der Waals surface area contributed by atoms with Crippen LogP contribution in [0.5, 0.6) is 23.0 Å². The molecule has 2 aromatic carbocycles. The number of nitrogens with zero attached hydrogens (tertiary/aromatic N) is 1. The molecule has 0 saturated heterocycles. The van der Waals surface area contributed by atoms with Gasteiger partial charge in [0.05, 0.1) is 50.8 Å². The number of anilines is 1. The molecule has 218 valence electrons. The van der Waals surface area contributed by atoms with Crippen LogP contribution in [0.4, 0.5) is 5.69 Å². The number of hydrogen-bond acceptors (Lipinski definition) is 9.